The van der Waals surface area contributed by atoms with Gasteiger partial charge in [0.15, 0.2) is 5.69 Å². The van der Waals surface area contributed by atoms with Crippen molar-refractivity contribution < 1.29 is 19.1 Å². The fourth-order valence-corrected chi connectivity index (χ4v) is 6.41. The summed E-state index contributed by atoms with van der Waals surface area (Å²) in [5.41, 5.74) is 11.3. The number of nitrogens with zero attached hydrogens (tertiary/aromatic N) is 3. The molecular weight excluding hydrogens is 556 g/mol. The lowest BCUT2D eigenvalue weighted by atomic mass is 9.81. The van der Waals surface area contributed by atoms with Crippen molar-refractivity contribution in [2.45, 2.75) is 57.2 Å². The average Bonchev–Trinajstić information content (AvgIpc) is 3.19. The van der Waals surface area contributed by atoms with Crippen molar-refractivity contribution in [2.24, 2.45) is 5.73 Å². The summed E-state index contributed by atoms with van der Waals surface area (Å²) in [6, 6.07) is 24.8. The van der Waals surface area contributed by atoms with Gasteiger partial charge in [-0.25, -0.2) is 0 Å². The minimum atomic E-state index is -0.911. The monoisotopic (exact) mass is 592 g/mol. The maximum atomic E-state index is 13.9. The van der Waals surface area contributed by atoms with Crippen LogP contribution in [-0.2, 0) is 28.8 Å². The molecule has 0 bridgehead atoms. The molecule has 2 heterocycles. The van der Waals surface area contributed by atoms with Gasteiger partial charge in [-0.1, -0.05) is 78.9 Å². The second-order valence-corrected chi connectivity index (χ2v) is 11.6. The Bertz CT molecular complexity index is 1690. The summed E-state index contributed by atoms with van der Waals surface area (Å²) in [7, 11) is 0. The highest BCUT2D eigenvalue weighted by Crippen LogP contribution is 2.44. The zero-order valence-corrected chi connectivity index (χ0v) is 24.9. The van der Waals surface area contributed by atoms with Crippen molar-refractivity contribution >= 4 is 11.9 Å². The third-order valence-electron chi connectivity index (χ3n) is 8.59. The Kier molecular flexibility index (Phi) is 8.30. The molecule has 1 aliphatic heterocycles. The van der Waals surface area contributed by atoms with E-state index >= 15 is 0 Å². The first kappa shape index (κ1) is 29.3. The van der Waals surface area contributed by atoms with E-state index in [1.807, 2.05) is 56.3 Å². The number of benzene rings is 3. The summed E-state index contributed by atoms with van der Waals surface area (Å²) in [6.07, 6.45) is 3.27. The van der Waals surface area contributed by atoms with Gasteiger partial charge < -0.3 is 20.1 Å². The number of hydrogen-bond donors (Lipinski definition) is 1. The van der Waals surface area contributed by atoms with Crippen LogP contribution in [0, 0.1) is 0 Å². The van der Waals surface area contributed by atoms with Gasteiger partial charge in [-0.2, -0.15) is 5.10 Å². The quantitative estimate of drug-likeness (QED) is 0.243. The molecule has 44 heavy (non-hydrogen) atoms. The van der Waals surface area contributed by atoms with Gasteiger partial charge in [-0.15, -0.1) is 0 Å². The molecule has 1 amide bonds. The number of hydrogen-bond acceptors (Lipinski definition) is 7. The third-order valence-corrected chi connectivity index (χ3v) is 8.59. The van der Waals surface area contributed by atoms with Gasteiger partial charge in [0.05, 0.1) is 12.2 Å². The van der Waals surface area contributed by atoms with Crippen LogP contribution < -0.4 is 15.9 Å². The lowest BCUT2D eigenvalue weighted by molar-refractivity contribution is -0.151. The van der Waals surface area contributed by atoms with Crippen LogP contribution in [0.5, 0.6) is 5.75 Å². The second kappa shape index (κ2) is 12.5. The fourth-order valence-electron chi connectivity index (χ4n) is 6.41. The molecule has 0 fully saturated rings. The van der Waals surface area contributed by atoms with Crippen LogP contribution in [-0.4, -0.2) is 52.0 Å². The van der Waals surface area contributed by atoms with E-state index in [9.17, 15) is 14.4 Å². The van der Waals surface area contributed by atoms with E-state index in [2.05, 4.69) is 41.5 Å². The molecule has 3 aromatic carbocycles. The molecule has 1 aliphatic carbocycles. The number of fused-ring (bicyclic) bond motifs is 3. The second-order valence-electron chi connectivity index (χ2n) is 11.6. The van der Waals surface area contributed by atoms with Gasteiger partial charge in [-0.3, -0.25) is 19.1 Å². The first-order valence-electron chi connectivity index (χ1n) is 15.0. The summed E-state index contributed by atoms with van der Waals surface area (Å²) in [5.74, 6) is -1.36. The van der Waals surface area contributed by atoms with E-state index in [0.29, 0.717) is 13.0 Å². The van der Waals surface area contributed by atoms with Crippen LogP contribution in [0.3, 0.4) is 0 Å². The van der Waals surface area contributed by atoms with Gasteiger partial charge >= 0.3 is 5.97 Å². The van der Waals surface area contributed by atoms with Crippen LogP contribution in [0.25, 0.3) is 0 Å². The summed E-state index contributed by atoms with van der Waals surface area (Å²) < 4.78 is 12.7. The van der Waals surface area contributed by atoms with E-state index in [-0.39, 0.29) is 35.4 Å². The molecule has 0 unspecified atom stereocenters. The fraction of sp³-hybridized carbons (Fsp3) is 0.314. The normalized spacial score (nSPS) is 16.9. The lowest BCUT2D eigenvalue weighted by Gasteiger charge is -2.41. The minimum absolute atomic E-state index is 0.0475. The van der Waals surface area contributed by atoms with Gasteiger partial charge in [-0.05, 0) is 60.9 Å². The number of ether oxygens (including phenoxy) is 2. The molecule has 0 spiro atoms. The van der Waals surface area contributed by atoms with Crippen LogP contribution in [0.15, 0.2) is 89.9 Å². The highest BCUT2D eigenvalue weighted by Gasteiger charge is 2.42. The highest BCUT2D eigenvalue weighted by atomic mass is 16.7. The van der Waals surface area contributed by atoms with Crippen LogP contribution >= 0.6 is 0 Å². The molecule has 9 nitrogen and oxygen atoms in total. The summed E-state index contributed by atoms with van der Waals surface area (Å²) in [5, 5.41) is 4.52. The zero-order chi connectivity index (χ0) is 30.8. The molecule has 2 aliphatic rings. The van der Waals surface area contributed by atoms with E-state index in [1.54, 1.807) is 9.58 Å². The summed E-state index contributed by atoms with van der Waals surface area (Å²) >= 11 is 0. The third kappa shape index (κ3) is 5.63. The first-order valence-corrected chi connectivity index (χ1v) is 15.0. The van der Waals surface area contributed by atoms with E-state index in [4.69, 9.17) is 15.2 Å². The average molecular weight is 593 g/mol. The molecule has 2 N–H and O–H groups in total. The van der Waals surface area contributed by atoms with Crippen molar-refractivity contribution in [2.75, 3.05) is 13.3 Å². The first-order chi connectivity index (χ1) is 21.3. The summed E-state index contributed by atoms with van der Waals surface area (Å²) in [6.45, 7) is 3.73. The SMILES string of the molecule is CC(C)N1C[C@H](C2c3ccccc3CCc3ccccc32)n2ncc(=O)c(OCOC(=O)[C@H](N)Cc3ccccc3)c2C1=O. The molecule has 0 saturated heterocycles. The Balaban J connectivity index is 1.35. The smallest absolute Gasteiger partial charge is 0.326 e. The topological polar surface area (TPSA) is 117 Å². The Morgan fingerprint density at radius 1 is 0.932 bits per heavy atom. The maximum Gasteiger partial charge on any atom is 0.326 e. The molecule has 2 atom stereocenters. The molecule has 4 aromatic rings. The van der Waals surface area contributed by atoms with Crippen LogP contribution in [0.2, 0.25) is 0 Å². The molecule has 0 saturated carbocycles. The van der Waals surface area contributed by atoms with Crippen LogP contribution in [0.1, 0.15) is 64.1 Å². The Morgan fingerprint density at radius 2 is 1.55 bits per heavy atom. The molecule has 6 rings (SSSR count). The number of amides is 1. The number of esters is 1. The van der Waals surface area contributed by atoms with Crippen molar-refractivity contribution in [3.8, 4) is 5.75 Å². The molecular formula is C35H36N4O5. The van der Waals surface area contributed by atoms with Gasteiger partial charge in [0.2, 0.25) is 18.0 Å². The standard InChI is InChI=1S/C35H36N4O5/c1-22(2)38-20-29(31-26-14-8-6-12-24(26)16-17-25-13-7-9-15-27(25)31)39-32(34(38)41)33(30(40)19-37-39)43-21-44-35(42)28(36)18-23-10-4-3-5-11-23/h3-15,19,22,28-29,31H,16-18,20-21,36H2,1-2H3/t28-,29-/m1/s1. The van der Waals surface area contributed by atoms with Crippen molar-refractivity contribution in [1.29, 1.82) is 0 Å². The molecule has 0 radical (unpaired) electrons. The summed E-state index contributed by atoms with van der Waals surface area (Å²) in [4.78, 5) is 41.5. The number of nitrogens with two attached hydrogens (primary N) is 1. The predicted molar refractivity (Wildman–Crippen MR) is 166 cm³/mol. The highest BCUT2D eigenvalue weighted by molar-refractivity contribution is 5.96. The predicted octanol–water partition coefficient (Wildman–Crippen LogP) is 4.03. The number of aromatic nitrogens is 2. The van der Waals surface area contributed by atoms with Crippen molar-refractivity contribution in [3.63, 3.8) is 0 Å². The van der Waals surface area contributed by atoms with Crippen molar-refractivity contribution in [3.05, 3.63) is 129 Å². The molecule has 1 aromatic heterocycles. The maximum absolute atomic E-state index is 13.9. The Labute approximate surface area is 256 Å². The van der Waals surface area contributed by atoms with Crippen molar-refractivity contribution in [1.82, 2.24) is 14.7 Å². The Morgan fingerprint density at radius 3 is 2.18 bits per heavy atom. The van der Waals surface area contributed by atoms with Crippen LogP contribution in [0.4, 0.5) is 0 Å². The number of aryl methyl sites for hydroxylation is 2. The van der Waals surface area contributed by atoms with Gasteiger partial charge in [0.1, 0.15) is 6.04 Å². The largest absolute Gasteiger partial charge is 0.451 e. The minimum Gasteiger partial charge on any atom is -0.451 e. The van der Waals surface area contributed by atoms with E-state index < -0.39 is 24.2 Å². The van der Waals surface area contributed by atoms with E-state index in [1.165, 1.54) is 28.5 Å². The van der Waals surface area contributed by atoms with Gasteiger partial charge in [0.25, 0.3) is 5.91 Å². The van der Waals surface area contributed by atoms with Gasteiger partial charge in [0, 0.05) is 18.5 Å². The Hall–Kier alpha value is -4.76. The number of carbonyl (C=O) groups excluding carboxylic acids is 2. The number of carbonyl (C=O) groups is 2. The lowest BCUT2D eigenvalue weighted by Crippen LogP contribution is -2.50. The van der Waals surface area contributed by atoms with E-state index in [0.717, 1.165) is 18.4 Å². The molecule has 9 heteroatoms. The molecule has 226 valence electrons. The number of rotatable bonds is 8. The zero-order valence-electron chi connectivity index (χ0n) is 24.9.